The summed E-state index contributed by atoms with van der Waals surface area (Å²) in [5.41, 5.74) is 3.19. The molecule has 2 N–H and O–H groups in total. The van der Waals surface area contributed by atoms with E-state index in [0.717, 1.165) is 33.1 Å². The summed E-state index contributed by atoms with van der Waals surface area (Å²) in [5.74, 6) is -4.78. The fourth-order valence-corrected chi connectivity index (χ4v) is 6.47. The molecule has 0 saturated carbocycles. The second-order valence-corrected chi connectivity index (χ2v) is 11.6. The molecule has 236 valence electrons. The van der Waals surface area contributed by atoms with Crippen LogP contribution in [0.15, 0.2) is 97.1 Å². The van der Waals surface area contributed by atoms with Gasteiger partial charge in [-0.2, -0.15) is 0 Å². The van der Waals surface area contributed by atoms with Crippen LogP contribution in [0.1, 0.15) is 63.7 Å². The second kappa shape index (κ2) is 10.7. The van der Waals surface area contributed by atoms with Gasteiger partial charge in [-0.05, 0) is 53.9 Å². The van der Waals surface area contributed by atoms with Crippen LogP contribution in [0.2, 0.25) is 0 Å². The Labute approximate surface area is 276 Å². The first kappa shape index (κ1) is 29.3. The van der Waals surface area contributed by atoms with Crippen molar-refractivity contribution in [3.8, 4) is 0 Å². The van der Waals surface area contributed by atoms with Crippen molar-refractivity contribution in [2.45, 2.75) is 6.42 Å². The molecule has 0 radical (unpaired) electrons. The predicted octanol–water partition coefficient (Wildman–Crippen LogP) is 2.96. The third kappa shape index (κ3) is 4.53. The molecule has 0 saturated heterocycles. The van der Waals surface area contributed by atoms with E-state index in [0.29, 0.717) is 17.8 Å². The summed E-state index contributed by atoms with van der Waals surface area (Å²) >= 11 is 0. The van der Waals surface area contributed by atoms with Crippen LogP contribution >= 0.6 is 0 Å². The summed E-state index contributed by atoms with van der Waals surface area (Å²) in [7, 11) is 0. The van der Waals surface area contributed by atoms with Crippen LogP contribution < -0.4 is 20.4 Å². The van der Waals surface area contributed by atoms with Crippen LogP contribution in [-0.4, -0.2) is 47.3 Å². The highest BCUT2D eigenvalue weighted by atomic mass is 16.2. The van der Waals surface area contributed by atoms with Gasteiger partial charge in [-0.25, -0.2) is 9.80 Å². The number of fused-ring (bicyclic) bond motifs is 2. The van der Waals surface area contributed by atoms with Crippen molar-refractivity contribution in [2.24, 2.45) is 0 Å². The first-order chi connectivity index (χ1) is 23.6. The highest BCUT2D eigenvalue weighted by molar-refractivity contribution is 6.41. The molecule has 4 heterocycles. The van der Waals surface area contributed by atoms with Crippen molar-refractivity contribution in [3.63, 3.8) is 0 Å². The zero-order chi connectivity index (χ0) is 34.1. The smallest absolute Gasteiger partial charge is 0.266 e. The Kier molecular flexibility index (Phi) is 6.43. The number of amides is 8. The third-order valence-electron chi connectivity index (χ3n) is 8.72. The Morgan fingerprint density at radius 2 is 0.796 bits per heavy atom. The molecule has 4 aromatic carbocycles. The minimum atomic E-state index is -0.640. The highest BCUT2D eigenvalue weighted by Gasteiger charge is 2.42. The van der Waals surface area contributed by atoms with Crippen LogP contribution in [0.3, 0.4) is 0 Å². The molecule has 0 bridgehead atoms. The minimum Gasteiger partial charge on any atom is -0.289 e. The molecule has 0 atom stereocenters. The Hall–Kier alpha value is -7.08. The van der Waals surface area contributed by atoms with Crippen LogP contribution in [0.4, 0.5) is 11.4 Å². The fourth-order valence-electron chi connectivity index (χ4n) is 6.47. The van der Waals surface area contributed by atoms with Crippen LogP contribution in [0.25, 0.3) is 11.1 Å². The van der Waals surface area contributed by atoms with Crippen molar-refractivity contribution in [3.05, 3.63) is 142 Å². The predicted molar refractivity (Wildman–Crippen MR) is 173 cm³/mol. The zero-order valence-electron chi connectivity index (χ0n) is 25.1. The van der Waals surface area contributed by atoms with Crippen LogP contribution in [0, 0.1) is 0 Å². The molecule has 0 fully saturated rings. The second-order valence-electron chi connectivity index (χ2n) is 11.6. The summed E-state index contributed by atoms with van der Waals surface area (Å²) in [4.78, 5) is 104. The maximum absolute atomic E-state index is 13.5. The van der Waals surface area contributed by atoms with Gasteiger partial charge in [0.05, 0.1) is 44.8 Å². The average Bonchev–Trinajstić information content (AvgIpc) is 3.78. The number of nitrogens with zero attached hydrogens (tertiary/aromatic N) is 2. The van der Waals surface area contributed by atoms with Crippen LogP contribution in [-0.2, 0) is 25.6 Å². The van der Waals surface area contributed by atoms with E-state index in [4.69, 9.17) is 0 Å². The Morgan fingerprint density at radius 1 is 0.429 bits per heavy atom. The quantitative estimate of drug-likeness (QED) is 0.301. The van der Waals surface area contributed by atoms with E-state index in [1.807, 2.05) is 0 Å². The number of hydrogen-bond acceptors (Lipinski definition) is 8. The monoisotopic (exact) mass is 648 g/mol. The number of hydrogen-bond donors (Lipinski definition) is 2. The average molecular weight is 649 g/mol. The van der Waals surface area contributed by atoms with Crippen molar-refractivity contribution in [1.82, 2.24) is 10.6 Å². The molecule has 4 aliphatic heterocycles. The first-order valence-corrected chi connectivity index (χ1v) is 15.0. The van der Waals surface area contributed by atoms with E-state index in [1.165, 1.54) is 24.3 Å². The SMILES string of the molecule is O=C1C=C(c2cccc3c2C(=O)N(c2ccc(Cc4ccc(N5C(=O)c6cccc(C7=CC(=O)NC7=O)c6C5=O)cc4)cc2)C3=O)C(=O)N1. The molecule has 0 aromatic heterocycles. The van der Waals surface area contributed by atoms with Gasteiger partial charge < -0.3 is 0 Å². The summed E-state index contributed by atoms with van der Waals surface area (Å²) < 4.78 is 0. The number of carbonyl (C=O) groups excluding carboxylic acids is 8. The van der Waals surface area contributed by atoms with E-state index in [2.05, 4.69) is 10.6 Å². The number of nitrogens with one attached hydrogen (secondary N) is 2. The van der Waals surface area contributed by atoms with Gasteiger partial charge in [0, 0.05) is 23.3 Å². The van der Waals surface area contributed by atoms with Crippen molar-refractivity contribution < 1.29 is 38.4 Å². The lowest BCUT2D eigenvalue weighted by Crippen LogP contribution is -2.29. The van der Waals surface area contributed by atoms with Crippen molar-refractivity contribution in [1.29, 1.82) is 0 Å². The standard InChI is InChI=1S/C37H20N4O8/c42-28-16-26(32(44)38-28)22-3-1-5-24-30(22)36(48)40(34(24)46)20-11-7-18(8-12-20)15-19-9-13-21(14-10-19)41-35(47)25-6-2-4-23(31(25)37(41)49)27-17-29(43)39-33(27)45/h1-14,16-17H,15H2,(H,38,42,44)(H,39,43,45). The van der Waals surface area contributed by atoms with E-state index in [-0.39, 0.29) is 44.5 Å². The first-order valence-electron chi connectivity index (χ1n) is 15.0. The molecule has 4 aliphatic rings. The minimum absolute atomic E-state index is 0.0208. The molecule has 12 nitrogen and oxygen atoms in total. The van der Waals surface area contributed by atoms with Gasteiger partial charge >= 0.3 is 0 Å². The maximum Gasteiger partial charge on any atom is 0.266 e. The number of benzene rings is 4. The van der Waals surface area contributed by atoms with Gasteiger partial charge in [0.15, 0.2) is 0 Å². The molecule has 0 aliphatic carbocycles. The van der Waals surface area contributed by atoms with Crippen LogP contribution in [0.5, 0.6) is 0 Å². The Morgan fingerprint density at radius 3 is 1.14 bits per heavy atom. The normalized spacial score (nSPS) is 16.7. The zero-order valence-corrected chi connectivity index (χ0v) is 25.1. The van der Waals surface area contributed by atoms with Gasteiger partial charge in [0.25, 0.3) is 47.3 Å². The summed E-state index contributed by atoms with van der Waals surface area (Å²) in [6, 6.07) is 22.8. The van der Waals surface area contributed by atoms with E-state index >= 15 is 0 Å². The molecule has 0 unspecified atom stereocenters. The molecule has 8 amide bonds. The maximum atomic E-state index is 13.5. The molecular formula is C37H20N4O8. The van der Waals surface area contributed by atoms with Crippen molar-refractivity contribution >= 4 is 69.8 Å². The molecule has 8 rings (SSSR count). The largest absolute Gasteiger partial charge is 0.289 e. The molecule has 49 heavy (non-hydrogen) atoms. The number of anilines is 2. The van der Waals surface area contributed by atoms with Gasteiger partial charge in [-0.1, -0.05) is 48.5 Å². The number of carbonyl (C=O) groups is 8. The van der Waals surface area contributed by atoms with E-state index in [9.17, 15) is 38.4 Å². The van der Waals surface area contributed by atoms with Gasteiger partial charge in [-0.15, -0.1) is 0 Å². The van der Waals surface area contributed by atoms with Gasteiger partial charge in [0.2, 0.25) is 0 Å². The Balaban J connectivity index is 0.998. The Bertz CT molecular complexity index is 2190. The van der Waals surface area contributed by atoms with E-state index < -0.39 is 47.3 Å². The topological polar surface area (TPSA) is 167 Å². The fraction of sp³-hybridized carbons (Fsp3) is 0.0270. The molecule has 12 heteroatoms. The molecule has 0 spiro atoms. The summed E-state index contributed by atoms with van der Waals surface area (Å²) in [6.45, 7) is 0. The summed E-state index contributed by atoms with van der Waals surface area (Å²) in [5, 5.41) is 4.31. The number of imide groups is 4. The molecule has 4 aromatic rings. The third-order valence-corrected chi connectivity index (χ3v) is 8.72. The van der Waals surface area contributed by atoms with E-state index in [1.54, 1.807) is 60.7 Å². The lowest BCUT2D eigenvalue weighted by atomic mass is 9.96. The number of rotatable bonds is 6. The highest BCUT2D eigenvalue weighted by Crippen LogP contribution is 2.36. The van der Waals surface area contributed by atoms with Gasteiger partial charge in [-0.3, -0.25) is 49.0 Å². The van der Waals surface area contributed by atoms with Gasteiger partial charge in [0.1, 0.15) is 0 Å². The van der Waals surface area contributed by atoms with Crippen molar-refractivity contribution in [2.75, 3.05) is 9.80 Å². The molecular weight excluding hydrogens is 628 g/mol. The lowest BCUT2D eigenvalue weighted by molar-refractivity contribution is -0.124. The summed E-state index contributed by atoms with van der Waals surface area (Å²) in [6.07, 6.45) is 2.67. The lowest BCUT2D eigenvalue weighted by Gasteiger charge is -2.16.